The largest absolute Gasteiger partial charge is 0.497 e. The highest BCUT2D eigenvalue weighted by molar-refractivity contribution is 5.81. The summed E-state index contributed by atoms with van der Waals surface area (Å²) in [5, 5.41) is 0. The number of carbonyl (C=O) groups excluding carboxylic acids is 1. The summed E-state index contributed by atoms with van der Waals surface area (Å²) in [6.07, 6.45) is 2.00. The van der Waals surface area contributed by atoms with Crippen LogP contribution in [0.1, 0.15) is 23.2 Å². The Labute approximate surface area is 194 Å². The quantitative estimate of drug-likeness (QED) is 0.580. The lowest BCUT2D eigenvalue weighted by Crippen LogP contribution is -2.38. The van der Waals surface area contributed by atoms with Gasteiger partial charge in [-0.1, -0.05) is 36.4 Å². The highest BCUT2D eigenvalue weighted by atomic mass is 16.5. The van der Waals surface area contributed by atoms with Crippen LogP contribution in [0.2, 0.25) is 0 Å². The Morgan fingerprint density at radius 2 is 1.94 bits per heavy atom. The van der Waals surface area contributed by atoms with E-state index in [1.54, 1.807) is 18.2 Å². The van der Waals surface area contributed by atoms with Crippen LogP contribution in [0.15, 0.2) is 72.9 Å². The van der Waals surface area contributed by atoms with Crippen LogP contribution in [0.3, 0.4) is 0 Å². The second kappa shape index (κ2) is 8.87. The minimum absolute atomic E-state index is 0.0172. The first kappa shape index (κ1) is 21.5. The number of anilines is 1. The van der Waals surface area contributed by atoms with Crippen molar-refractivity contribution in [2.45, 2.75) is 31.0 Å². The van der Waals surface area contributed by atoms with Crippen molar-refractivity contribution >= 4 is 11.6 Å². The molecule has 6 nitrogen and oxygen atoms in total. The van der Waals surface area contributed by atoms with E-state index in [-0.39, 0.29) is 11.3 Å². The van der Waals surface area contributed by atoms with Gasteiger partial charge in [0.15, 0.2) is 0 Å². The lowest BCUT2D eigenvalue weighted by molar-refractivity contribution is -0.140. The Morgan fingerprint density at radius 1 is 1.15 bits per heavy atom. The van der Waals surface area contributed by atoms with Crippen LogP contribution in [0.4, 0.5) is 5.69 Å². The summed E-state index contributed by atoms with van der Waals surface area (Å²) in [6.45, 7) is 2.68. The molecule has 0 N–H and O–H groups in total. The smallest absolute Gasteiger partial charge is 0.251 e. The Hall–Kier alpha value is -3.38. The lowest BCUT2D eigenvalue weighted by atomic mass is 9.80. The van der Waals surface area contributed by atoms with Gasteiger partial charge in [-0.2, -0.15) is 0 Å². The number of ether oxygens (including phenoxy) is 2. The van der Waals surface area contributed by atoms with E-state index >= 15 is 0 Å². The predicted octanol–water partition coefficient (Wildman–Crippen LogP) is 3.80. The number of methoxy groups -OCH3 is 1. The van der Waals surface area contributed by atoms with Crippen molar-refractivity contribution in [1.29, 1.82) is 0 Å². The Balaban J connectivity index is 1.32. The molecule has 33 heavy (non-hydrogen) atoms. The number of para-hydroxylation sites is 1. The summed E-state index contributed by atoms with van der Waals surface area (Å²) in [5.74, 6) is 0.876. The fourth-order valence-electron chi connectivity index (χ4n) is 5.07. The number of fused-ring (bicyclic) bond motifs is 2. The number of aromatic nitrogens is 1. The molecule has 1 saturated heterocycles. The molecule has 2 aliphatic rings. The average Bonchev–Trinajstić information content (AvgIpc) is 3.42. The van der Waals surface area contributed by atoms with E-state index in [2.05, 4.69) is 46.3 Å². The number of amides is 1. The first-order chi connectivity index (χ1) is 16.1. The summed E-state index contributed by atoms with van der Waals surface area (Å²) < 4.78 is 11.4. The van der Waals surface area contributed by atoms with Gasteiger partial charge in [-0.25, -0.2) is 0 Å². The van der Waals surface area contributed by atoms with E-state index in [1.807, 2.05) is 37.4 Å². The normalized spacial score (nSPS) is 21.3. The molecule has 0 radical (unpaired) electrons. The molecule has 0 bridgehead atoms. The van der Waals surface area contributed by atoms with Crippen molar-refractivity contribution in [1.82, 2.24) is 9.88 Å². The van der Waals surface area contributed by atoms with E-state index < -0.39 is 6.10 Å². The van der Waals surface area contributed by atoms with Gasteiger partial charge in [-0.05, 0) is 47.9 Å². The van der Waals surface area contributed by atoms with Crippen LogP contribution in [0.5, 0.6) is 5.75 Å². The molecule has 2 atom stereocenters. The van der Waals surface area contributed by atoms with Crippen molar-refractivity contribution in [3.05, 3.63) is 89.7 Å². The molecule has 2 aliphatic heterocycles. The summed E-state index contributed by atoms with van der Waals surface area (Å²) in [4.78, 5) is 21.7. The monoisotopic (exact) mass is 443 g/mol. The second-order valence-electron chi connectivity index (χ2n) is 9.02. The Morgan fingerprint density at radius 3 is 2.70 bits per heavy atom. The van der Waals surface area contributed by atoms with Crippen LogP contribution in [-0.4, -0.2) is 49.2 Å². The minimum atomic E-state index is -0.437. The van der Waals surface area contributed by atoms with E-state index in [9.17, 15) is 4.79 Å². The maximum absolute atomic E-state index is 13.2. The van der Waals surface area contributed by atoms with Gasteiger partial charge in [0.1, 0.15) is 11.9 Å². The zero-order valence-corrected chi connectivity index (χ0v) is 19.1. The number of likely N-dealkylation sites (N-methyl/N-ethyl adjacent to an activating group) is 1. The first-order valence-electron chi connectivity index (χ1n) is 11.3. The van der Waals surface area contributed by atoms with E-state index in [1.165, 1.54) is 16.8 Å². The highest BCUT2D eigenvalue weighted by Crippen LogP contribution is 2.48. The third-order valence-corrected chi connectivity index (χ3v) is 6.76. The van der Waals surface area contributed by atoms with Gasteiger partial charge in [0.2, 0.25) is 0 Å². The van der Waals surface area contributed by atoms with Crippen molar-refractivity contribution in [2.24, 2.45) is 0 Å². The van der Waals surface area contributed by atoms with E-state index in [4.69, 9.17) is 9.47 Å². The Bertz CT molecular complexity index is 1120. The third-order valence-electron chi connectivity index (χ3n) is 6.76. The lowest BCUT2D eigenvalue weighted by Gasteiger charge is -2.25. The highest BCUT2D eigenvalue weighted by Gasteiger charge is 2.50. The molecule has 5 rings (SSSR count). The van der Waals surface area contributed by atoms with Gasteiger partial charge in [-0.15, -0.1) is 0 Å². The molecule has 1 aromatic heterocycles. The molecule has 170 valence electrons. The van der Waals surface area contributed by atoms with Crippen LogP contribution >= 0.6 is 0 Å². The van der Waals surface area contributed by atoms with Crippen molar-refractivity contribution in [3.8, 4) is 5.75 Å². The van der Waals surface area contributed by atoms with Crippen molar-refractivity contribution < 1.29 is 14.3 Å². The fourth-order valence-corrected chi connectivity index (χ4v) is 5.07. The SMILES string of the molecule is COc1ccc(CN2C[C@]3(CO[C@@H](C(=O)N(C)Cc4ccccn4)C3)c3ccccc32)cc1. The Kier molecular flexibility index (Phi) is 5.77. The van der Waals surface area contributed by atoms with Crippen molar-refractivity contribution in [3.63, 3.8) is 0 Å². The molecular formula is C27H29N3O3. The number of nitrogens with zero attached hydrogens (tertiary/aromatic N) is 3. The number of benzene rings is 2. The summed E-state index contributed by atoms with van der Waals surface area (Å²) >= 11 is 0. The van der Waals surface area contributed by atoms with Gasteiger partial charge in [0.05, 0.1) is 26.0 Å². The van der Waals surface area contributed by atoms with Gasteiger partial charge in [0, 0.05) is 37.4 Å². The average molecular weight is 444 g/mol. The van der Waals surface area contributed by atoms with Crippen LogP contribution in [0, 0.1) is 0 Å². The molecular weight excluding hydrogens is 414 g/mol. The zero-order valence-electron chi connectivity index (χ0n) is 19.1. The number of pyridine rings is 1. The van der Waals surface area contributed by atoms with Crippen LogP contribution in [0.25, 0.3) is 0 Å². The topological polar surface area (TPSA) is 54.9 Å². The molecule has 1 fully saturated rings. The van der Waals surface area contributed by atoms with Gasteiger partial charge in [-0.3, -0.25) is 9.78 Å². The molecule has 0 unspecified atom stereocenters. The molecule has 6 heteroatoms. The van der Waals surface area contributed by atoms with E-state index in [0.29, 0.717) is 19.6 Å². The molecule has 0 aliphatic carbocycles. The maximum Gasteiger partial charge on any atom is 0.251 e. The van der Waals surface area contributed by atoms with Crippen molar-refractivity contribution in [2.75, 3.05) is 32.2 Å². The maximum atomic E-state index is 13.2. The summed E-state index contributed by atoms with van der Waals surface area (Å²) in [6, 6.07) is 22.5. The number of carbonyl (C=O) groups is 1. The van der Waals surface area contributed by atoms with Gasteiger partial charge in [0.25, 0.3) is 5.91 Å². The number of rotatable bonds is 6. The molecule has 2 aromatic carbocycles. The molecule has 3 aromatic rings. The molecule has 0 saturated carbocycles. The van der Waals surface area contributed by atoms with Crippen LogP contribution in [-0.2, 0) is 28.0 Å². The number of hydrogen-bond acceptors (Lipinski definition) is 5. The summed E-state index contributed by atoms with van der Waals surface area (Å²) in [7, 11) is 3.50. The summed E-state index contributed by atoms with van der Waals surface area (Å²) in [5.41, 5.74) is 4.44. The van der Waals surface area contributed by atoms with Crippen LogP contribution < -0.4 is 9.64 Å². The number of hydrogen-bond donors (Lipinski definition) is 0. The third kappa shape index (κ3) is 4.18. The predicted molar refractivity (Wildman–Crippen MR) is 127 cm³/mol. The zero-order chi connectivity index (χ0) is 22.8. The second-order valence-corrected chi connectivity index (χ2v) is 9.02. The van der Waals surface area contributed by atoms with Gasteiger partial charge >= 0.3 is 0 Å². The molecule has 1 amide bonds. The standard InChI is InChI=1S/C27H29N3O3/c1-29(17-21-7-5-6-14-28-21)26(31)25-15-27(19-33-25)18-30(24-9-4-3-8-23(24)27)16-20-10-12-22(32-2)13-11-20/h3-14,25H,15-19H2,1-2H3/t25-,27-/m1/s1. The molecule has 3 heterocycles. The first-order valence-corrected chi connectivity index (χ1v) is 11.3. The minimum Gasteiger partial charge on any atom is -0.497 e. The van der Waals surface area contributed by atoms with E-state index in [0.717, 1.165) is 24.5 Å². The van der Waals surface area contributed by atoms with Gasteiger partial charge < -0.3 is 19.3 Å². The molecule has 1 spiro atoms. The fraction of sp³-hybridized carbons (Fsp3) is 0.333.